The van der Waals surface area contributed by atoms with E-state index in [0.717, 1.165) is 10.4 Å². The molecule has 9 nitrogen and oxygen atoms in total. The molecule has 0 aromatic heterocycles. The molecule has 0 heterocycles. The number of carbonyl (C=O) groups is 1. The van der Waals surface area contributed by atoms with Crippen molar-refractivity contribution >= 4 is 27.4 Å². The van der Waals surface area contributed by atoms with Crippen LogP contribution in [-0.4, -0.2) is 38.6 Å². The van der Waals surface area contributed by atoms with E-state index in [1.54, 1.807) is 39.0 Å². The maximum absolute atomic E-state index is 13.3. The van der Waals surface area contributed by atoms with Crippen molar-refractivity contribution in [1.82, 2.24) is 0 Å². The summed E-state index contributed by atoms with van der Waals surface area (Å²) in [5.74, 6) is -0.512. The lowest BCUT2D eigenvalue weighted by molar-refractivity contribution is -0.385. The largest absolute Gasteiger partial charge is 0.492 e. The van der Waals surface area contributed by atoms with Gasteiger partial charge in [-0.05, 0) is 39.0 Å². The van der Waals surface area contributed by atoms with Crippen LogP contribution in [0, 0.1) is 10.1 Å². The number of carbonyl (C=O) groups excluding carboxylic acids is 1. The summed E-state index contributed by atoms with van der Waals surface area (Å²) < 4.78 is 38.1. The second kappa shape index (κ2) is 9.37. The van der Waals surface area contributed by atoms with Crippen LogP contribution in [0.2, 0.25) is 0 Å². The van der Waals surface area contributed by atoms with Gasteiger partial charge in [0.05, 0.1) is 28.2 Å². The molecule has 2 rings (SSSR count). The highest BCUT2D eigenvalue weighted by atomic mass is 32.2. The highest BCUT2D eigenvalue weighted by molar-refractivity contribution is 7.92. The molecule has 0 bridgehead atoms. The normalized spacial score (nSPS) is 11.2. The summed E-state index contributed by atoms with van der Waals surface area (Å²) in [5.41, 5.74) is -0.254. The van der Waals surface area contributed by atoms with Crippen molar-refractivity contribution < 1.29 is 27.6 Å². The minimum Gasteiger partial charge on any atom is -0.492 e. The Bertz CT molecular complexity index is 990. The number of para-hydroxylation sites is 2. The first kappa shape index (κ1) is 22.2. The molecular weight excluding hydrogens is 400 g/mol. The first-order valence-corrected chi connectivity index (χ1v) is 10.3. The minimum atomic E-state index is -4.33. The fourth-order valence-corrected chi connectivity index (χ4v) is 4.00. The third kappa shape index (κ3) is 5.44. The van der Waals surface area contributed by atoms with Gasteiger partial charge in [0.25, 0.3) is 15.7 Å². The van der Waals surface area contributed by atoms with Crippen LogP contribution >= 0.6 is 0 Å². The number of nitro benzene ring substituents is 1. The van der Waals surface area contributed by atoms with Crippen LogP contribution in [-0.2, 0) is 19.6 Å². The first-order valence-electron chi connectivity index (χ1n) is 8.85. The monoisotopic (exact) mass is 422 g/mol. The molecule has 156 valence electrons. The van der Waals surface area contributed by atoms with E-state index < -0.39 is 33.6 Å². The van der Waals surface area contributed by atoms with E-state index in [4.69, 9.17) is 9.47 Å². The standard InChI is InChI=1S/C19H22N2O7S/c1-4-27-18-11-6-5-10-17(18)20(13-19(22)28-14(2)3)29(25,26)16-9-7-8-15(12-16)21(23)24/h5-12,14H,4,13H2,1-3H3. The second-order valence-corrected chi connectivity index (χ2v) is 8.07. The molecule has 0 unspecified atom stereocenters. The molecule has 0 spiro atoms. The Morgan fingerprint density at radius 3 is 2.48 bits per heavy atom. The van der Waals surface area contributed by atoms with Crippen LogP contribution in [0.3, 0.4) is 0 Å². The fourth-order valence-electron chi connectivity index (χ4n) is 2.54. The average Bonchev–Trinajstić information content (AvgIpc) is 2.66. The third-order valence-corrected chi connectivity index (χ3v) is 5.45. The van der Waals surface area contributed by atoms with Crippen molar-refractivity contribution in [2.75, 3.05) is 17.5 Å². The lowest BCUT2D eigenvalue weighted by atomic mass is 10.3. The Balaban J connectivity index is 2.59. The fraction of sp³-hybridized carbons (Fsp3) is 0.316. The van der Waals surface area contributed by atoms with Crippen LogP contribution in [0.15, 0.2) is 53.4 Å². The molecule has 0 aliphatic heterocycles. The van der Waals surface area contributed by atoms with Crippen molar-refractivity contribution in [3.8, 4) is 5.75 Å². The molecule has 0 N–H and O–H groups in total. The number of rotatable bonds is 9. The Hall–Kier alpha value is -3.14. The summed E-state index contributed by atoms with van der Waals surface area (Å²) >= 11 is 0. The van der Waals surface area contributed by atoms with Gasteiger partial charge in [-0.3, -0.25) is 19.2 Å². The molecule has 0 fully saturated rings. The van der Waals surface area contributed by atoms with Gasteiger partial charge in [-0.25, -0.2) is 8.42 Å². The van der Waals surface area contributed by atoms with Crippen molar-refractivity contribution in [2.45, 2.75) is 31.8 Å². The Morgan fingerprint density at radius 2 is 1.86 bits per heavy atom. The van der Waals surface area contributed by atoms with Gasteiger partial charge in [0.2, 0.25) is 0 Å². The molecule has 0 amide bonds. The van der Waals surface area contributed by atoms with Gasteiger partial charge in [0, 0.05) is 12.1 Å². The van der Waals surface area contributed by atoms with E-state index in [2.05, 4.69) is 0 Å². The Morgan fingerprint density at radius 1 is 1.17 bits per heavy atom. The first-order chi connectivity index (χ1) is 13.7. The van der Waals surface area contributed by atoms with Crippen LogP contribution in [0.4, 0.5) is 11.4 Å². The van der Waals surface area contributed by atoms with Gasteiger partial charge in [-0.2, -0.15) is 0 Å². The molecule has 0 saturated carbocycles. The zero-order valence-corrected chi connectivity index (χ0v) is 17.1. The van der Waals surface area contributed by atoms with E-state index in [1.165, 1.54) is 24.3 Å². The Kier molecular flexibility index (Phi) is 7.16. The van der Waals surface area contributed by atoms with Crippen molar-refractivity contribution in [2.24, 2.45) is 0 Å². The van der Waals surface area contributed by atoms with Crippen LogP contribution in [0.5, 0.6) is 5.75 Å². The van der Waals surface area contributed by atoms with Crippen molar-refractivity contribution in [3.63, 3.8) is 0 Å². The summed E-state index contributed by atoms with van der Waals surface area (Å²) in [6.45, 7) is 4.69. The SMILES string of the molecule is CCOc1ccccc1N(CC(=O)OC(C)C)S(=O)(=O)c1cccc([N+](=O)[O-])c1. The van der Waals surface area contributed by atoms with Gasteiger partial charge in [0.1, 0.15) is 12.3 Å². The smallest absolute Gasteiger partial charge is 0.327 e. The molecule has 2 aromatic rings. The maximum atomic E-state index is 13.3. The average molecular weight is 422 g/mol. The van der Waals surface area contributed by atoms with E-state index >= 15 is 0 Å². The van der Waals surface area contributed by atoms with Crippen LogP contribution < -0.4 is 9.04 Å². The zero-order chi connectivity index (χ0) is 21.6. The van der Waals surface area contributed by atoms with Gasteiger partial charge in [-0.15, -0.1) is 0 Å². The molecular formula is C19H22N2O7S. The van der Waals surface area contributed by atoms with Gasteiger partial charge in [-0.1, -0.05) is 18.2 Å². The molecule has 0 atom stereocenters. The number of sulfonamides is 1. The molecule has 10 heteroatoms. The molecule has 0 saturated heterocycles. The second-order valence-electron chi connectivity index (χ2n) is 6.21. The number of hydrogen-bond acceptors (Lipinski definition) is 7. The summed E-state index contributed by atoms with van der Waals surface area (Å²) in [7, 11) is -4.33. The van der Waals surface area contributed by atoms with Crippen molar-refractivity contribution in [1.29, 1.82) is 0 Å². The lowest BCUT2D eigenvalue weighted by Gasteiger charge is -2.25. The highest BCUT2D eigenvalue weighted by Crippen LogP contribution is 2.33. The molecule has 2 aromatic carbocycles. The van der Waals surface area contributed by atoms with E-state index in [0.29, 0.717) is 0 Å². The molecule has 0 radical (unpaired) electrons. The van der Waals surface area contributed by atoms with Gasteiger partial charge >= 0.3 is 5.97 Å². The quantitative estimate of drug-likeness (QED) is 0.346. The number of benzene rings is 2. The van der Waals surface area contributed by atoms with E-state index in [9.17, 15) is 23.3 Å². The highest BCUT2D eigenvalue weighted by Gasteiger charge is 2.31. The lowest BCUT2D eigenvalue weighted by Crippen LogP contribution is -2.37. The van der Waals surface area contributed by atoms with Crippen LogP contribution in [0.1, 0.15) is 20.8 Å². The predicted octanol–water partition coefficient (Wildman–Crippen LogP) is 3.14. The van der Waals surface area contributed by atoms with Gasteiger partial charge < -0.3 is 9.47 Å². The van der Waals surface area contributed by atoms with E-state index in [1.807, 2.05) is 0 Å². The number of hydrogen-bond donors (Lipinski definition) is 0. The topological polar surface area (TPSA) is 116 Å². The van der Waals surface area contributed by atoms with Gasteiger partial charge in [0.15, 0.2) is 0 Å². The zero-order valence-electron chi connectivity index (χ0n) is 16.3. The Labute approximate surface area is 169 Å². The number of ether oxygens (including phenoxy) is 2. The summed E-state index contributed by atoms with van der Waals surface area (Å²) in [4.78, 5) is 22.3. The number of anilines is 1. The third-order valence-electron chi connectivity index (χ3n) is 3.69. The molecule has 29 heavy (non-hydrogen) atoms. The summed E-state index contributed by atoms with van der Waals surface area (Å²) in [6.07, 6.45) is -0.438. The number of nitro groups is 1. The van der Waals surface area contributed by atoms with Crippen LogP contribution in [0.25, 0.3) is 0 Å². The molecule has 0 aliphatic carbocycles. The minimum absolute atomic E-state index is 0.126. The summed E-state index contributed by atoms with van der Waals surface area (Å²) in [6, 6.07) is 11.0. The maximum Gasteiger partial charge on any atom is 0.327 e. The summed E-state index contributed by atoms with van der Waals surface area (Å²) in [5, 5.41) is 11.1. The van der Waals surface area contributed by atoms with E-state index in [-0.39, 0.29) is 28.6 Å². The number of non-ortho nitro benzene ring substituents is 1. The predicted molar refractivity (Wildman–Crippen MR) is 106 cm³/mol. The molecule has 0 aliphatic rings. The number of esters is 1. The van der Waals surface area contributed by atoms with Crippen molar-refractivity contribution in [3.05, 3.63) is 58.6 Å². The number of nitrogens with zero attached hydrogens (tertiary/aromatic N) is 2.